The third-order valence-electron chi connectivity index (χ3n) is 3.43. The van der Waals surface area contributed by atoms with E-state index in [4.69, 9.17) is 10.5 Å². The fourth-order valence-corrected chi connectivity index (χ4v) is 2.53. The Balaban J connectivity index is 2.06. The van der Waals surface area contributed by atoms with Crippen molar-refractivity contribution in [2.75, 3.05) is 7.11 Å². The number of methoxy groups -OCH3 is 1. The average Bonchev–Trinajstić information content (AvgIpc) is 2.79. The normalized spacial score (nSPS) is 12.4. The average molecular weight is 273 g/mol. The highest BCUT2D eigenvalue weighted by Gasteiger charge is 2.12. The number of hydrogen-bond donors (Lipinski definition) is 1. The Morgan fingerprint density at radius 3 is 2.75 bits per heavy atom. The topological polar surface area (TPSA) is 53.1 Å². The van der Waals surface area contributed by atoms with Gasteiger partial charge in [0.15, 0.2) is 0 Å². The van der Waals surface area contributed by atoms with Gasteiger partial charge in [0.25, 0.3) is 0 Å². The van der Waals surface area contributed by atoms with E-state index in [-0.39, 0.29) is 6.04 Å². The first kappa shape index (κ1) is 14.6. The van der Waals surface area contributed by atoms with Crippen LogP contribution in [0.2, 0.25) is 0 Å². The Kier molecular flexibility index (Phi) is 4.79. The number of rotatable bonds is 6. The molecule has 1 aromatic heterocycles. The molecule has 4 nitrogen and oxygen atoms in total. The molecule has 1 atom stereocenters. The van der Waals surface area contributed by atoms with E-state index >= 15 is 0 Å². The van der Waals surface area contributed by atoms with Crippen LogP contribution in [0.5, 0.6) is 5.75 Å². The zero-order valence-corrected chi connectivity index (χ0v) is 12.5. The van der Waals surface area contributed by atoms with Gasteiger partial charge in [0.2, 0.25) is 0 Å². The van der Waals surface area contributed by atoms with E-state index in [0.717, 1.165) is 36.4 Å². The summed E-state index contributed by atoms with van der Waals surface area (Å²) in [5.41, 5.74) is 9.70. The van der Waals surface area contributed by atoms with Crippen molar-refractivity contribution in [3.63, 3.8) is 0 Å². The summed E-state index contributed by atoms with van der Waals surface area (Å²) in [6, 6.07) is 10.2. The van der Waals surface area contributed by atoms with Gasteiger partial charge in [-0.25, -0.2) is 0 Å². The minimum absolute atomic E-state index is 0.0627. The quantitative estimate of drug-likeness (QED) is 0.879. The van der Waals surface area contributed by atoms with Crippen LogP contribution in [0.4, 0.5) is 0 Å². The van der Waals surface area contributed by atoms with Crippen molar-refractivity contribution < 1.29 is 4.74 Å². The molecule has 2 rings (SSSR count). The molecule has 0 bridgehead atoms. The summed E-state index contributed by atoms with van der Waals surface area (Å²) in [5.74, 6) is 0.906. The Morgan fingerprint density at radius 1 is 1.30 bits per heavy atom. The van der Waals surface area contributed by atoms with Crippen LogP contribution < -0.4 is 10.5 Å². The minimum atomic E-state index is 0.0627. The molecule has 0 saturated carbocycles. The van der Waals surface area contributed by atoms with E-state index < -0.39 is 0 Å². The lowest BCUT2D eigenvalue weighted by Gasteiger charge is -2.14. The number of ether oxygens (including phenoxy) is 1. The highest BCUT2D eigenvalue weighted by atomic mass is 16.5. The molecule has 0 aliphatic heterocycles. The third kappa shape index (κ3) is 3.39. The van der Waals surface area contributed by atoms with Gasteiger partial charge in [-0.3, -0.25) is 4.68 Å². The van der Waals surface area contributed by atoms with Crippen molar-refractivity contribution in [1.82, 2.24) is 9.78 Å². The molecular formula is C16H23N3O. The molecule has 1 aromatic carbocycles. The van der Waals surface area contributed by atoms with E-state index in [2.05, 4.69) is 24.2 Å². The van der Waals surface area contributed by atoms with Crippen molar-refractivity contribution in [1.29, 1.82) is 0 Å². The predicted octanol–water partition coefficient (Wildman–Crippen LogP) is 2.33. The van der Waals surface area contributed by atoms with Crippen LogP contribution in [0.25, 0.3) is 0 Å². The zero-order valence-electron chi connectivity index (χ0n) is 12.5. The fraction of sp³-hybridized carbons (Fsp3) is 0.438. The smallest absolute Gasteiger partial charge is 0.122 e. The molecule has 0 radical (unpaired) electrons. The molecule has 0 fully saturated rings. The van der Waals surface area contributed by atoms with Gasteiger partial charge >= 0.3 is 0 Å². The van der Waals surface area contributed by atoms with E-state index in [0.29, 0.717) is 0 Å². The van der Waals surface area contributed by atoms with Crippen LogP contribution in [0.3, 0.4) is 0 Å². The third-order valence-corrected chi connectivity index (χ3v) is 3.43. The number of hydrogen-bond acceptors (Lipinski definition) is 3. The molecule has 4 heteroatoms. The maximum atomic E-state index is 6.30. The molecule has 2 N–H and O–H groups in total. The number of nitrogens with zero attached hydrogens (tertiary/aromatic N) is 2. The van der Waals surface area contributed by atoms with Gasteiger partial charge in [0, 0.05) is 24.7 Å². The van der Waals surface area contributed by atoms with E-state index in [1.165, 1.54) is 5.69 Å². The minimum Gasteiger partial charge on any atom is -0.496 e. The molecule has 20 heavy (non-hydrogen) atoms. The zero-order chi connectivity index (χ0) is 14.5. The van der Waals surface area contributed by atoms with Crippen LogP contribution in [0.15, 0.2) is 30.3 Å². The molecule has 0 amide bonds. The van der Waals surface area contributed by atoms with Gasteiger partial charge in [0.1, 0.15) is 5.75 Å². The first-order chi connectivity index (χ1) is 9.63. The van der Waals surface area contributed by atoms with Crippen LogP contribution in [-0.4, -0.2) is 22.9 Å². The monoisotopic (exact) mass is 273 g/mol. The van der Waals surface area contributed by atoms with Crippen molar-refractivity contribution in [2.45, 2.75) is 39.3 Å². The van der Waals surface area contributed by atoms with Crippen LogP contribution in [0, 0.1) is 6.92 Å². The summed E-state index contributed by atoms with van der Waals surface area (Å²) in [4.78, 5) is 0. The summed E-state index contributed by atoms with van der Waals surface area (Å²) < 4.78 is 7.40. The molecule has 1 unspecified atom stereocenters. The first-order valence-corrected chi connectivity index (χ1v) is 7.04. The van der Waals surface area contributed by atoms with Crippen molar-refractivity contribution >= 4 is 0 Å². The van der Waals surface area contributed by atoms with E-state index in [1.807, 2.05) is 29.8 Å². The van der Waals surface area contributed by atoms with Crippen LogP contribution in [-0.2, 0) is 19.4 Å². The lowest BCUT2D eigenvalue weighted by atomic mass is 10.0. The van der Waals surface area contributed by atoms with Crippen molar-refractivity contribution in [3.8, 4) is 5.75 Å². The SMILES string of the molecule is CCn1nc(C)cc1CC(N)Cc1ccccc1OC. The van der Waals surface area contributed by atoms with Gasteiger partial charge in [-0.2, -0.15) is 5.10 Å². The molecule has 0 spiro atoms. The van der Waals surface area contributed by atoms with Crippen molar-refractivity contribution in [2.24, 2.45) is 5.73 Å². The predicted molar refractivity (Wildman–Crippen MR) is 81.0 cm³/mol. The maximum absolute atomic E-state index is 6.30. The highest BCUT2D eigenvalue weighted by Crippen LogP contribution is 2.19. The number of aromatic nitrogens is 2. The second-order valence-corrected chi connectivity index (χ2v) is 5.07. The Morgan fingerprint density at radius 2 is 2.05 bits per heavy atom. The van der Waals surface area contributed by atoms with Crippen LogP contribution >= 0.6 is 0 Å². The molecule has 0 saturated heterocycles. The fourth-order valence-electron chi connectivity index (χ4n) is 2.53. The molecule has 0 aliphatic rings. The Hall–Kier alpha value is -1.81. The first-order valence-electron chi connectivity index (χ1n) is 7.04. The molecule has 108 valence electrons. The summed E-state index contributed by atoms with van der Waals surface area (Å²) in [6.45, 7) is 4.99. The van der Waals surface area contributed by atoms with E-state index in [9.17, 15) is 0 Å². The standard InChI is InChI=1S/C16H23N3O/c1-4-19-15(9-12(2)18-19)11-14(17)10-13-7-5-6-8-16(13)20-3/h5-9,14H,4,10-11,17H2,1-3H3. The molecule has 1 heterocycles. The summed E-state index contributed by atoms with van der Waals surface area (Å²) >= 11 is 0. The molecule has 0 aliphatic carbocycles. The lowest BCUT2D eigenvalue weighted by molar-refractivity contribution is 0.407. The summed E-state index contributed by atoms with van der Waals surface area (Å²) in [6.07, 6.45) is 1.63. The van der Waals surface area contributed by atoms with Crippen molar-refractivity contribution in [3.05, 3.63) is 47.3 Å². The largest absolute Gasteiger partial charge is 0.496 e. The lowest BCUT2D eigenvalue weighted by Crippen LogP contribution is -2.27. The van der Waals surface area contributed by atoms with Gasteiger partial charge < -0.3 is 10.5 Å². The number of nitrogens with two attached hydrogens (primary N) is 1. The summed E-state index contributed by atoms with van der Waals surface area (Å²) in [5, 5.41) is 4.46. The Bertz CT molecular complexity index is 563. The number of aryl methyl sites for hydroxylation is 2. The van der Waals surface area contributed by atoms with Gasteiger partial charge in [-0.05, 0) is 38.0 Å². The van der Waals surface area contributed by atoms with Gasteiger partial charge in [0.05, 0.1) is 12.8 Å². The number of benzene rings is 1. The molecular weight excluding hydrogens is 250 g/mol. The second-order valence-electron chi connectivity index (χ2n) is 5.07. The summed E-state index contributed by atoms with van der Waals surface area (Å²) in [7, 11) is 1.69. The van der Waals surface area contributed by atoms with Gasteiger partial charge in [-0.15, -0.1) is 0 Å². The van der Waals surface area contributed by atoms with Gasteiger partial charge in [-0.1, -0.05) is 18.2 Å². The maximum Gasteiger partial charge on any atom is 0.122 e. The highest BCUT2D eigenvalue weighted by molar-refractivity contribution is 5.34. The number of para-hydroxylation sites is 1. The molecule has 2 aromatic rings. The Labute approximate surface area is 120 Å². The second kappa shape index (κ2) is 6.57. The van der Waals surface area contributed by atoms with E-state index in [1.54, 1.807) is 7.11 Å². The van der Waals surface area contributed by atoms with Crippen LogP contribution in [0.1, 0.15) is 23.9 Å².